The molecule has 0 aliphatic carbocycles. The van der Waals surface area contributed by atoms with Crippen LogP contribution in [0.5, 0.6) is 11.5 Å². The van der Waals surface area contributed by atoms with Gasteiger partial charge in [0.25, 0.3) is 0 Å². The van der Waals surface area contributed by atoms with Crippen LogP contribution < -0.4 is 9.47 Å². The van der Waals surface area contributed by atoms with Gasteiger partial charge in [0.1, 0.15) is 0 Å². The minimum atomic E-state index is -0.0285. The van der Waals surface area contributed by atoms with Gasteiger partial charge in [0.15, 0.2) is 24.7 Å². The zero-order valence-corrected chi connectivity index (χ0v) is 8.08. The zero-order chi connectivity index (χ0) is 9.97. The van der Waals surface area contributed by atoms with Crippen molar-refractivity contribution in [2.24, 2.45) is 0 Å². The van der Waals surface area contributed by atoms with E-state index in [0.717, 1.165) is 6.42 Å². The van der Waals surface area contributed by atoms with Crippen LogP contribution in [0.25, 0.3) is 0 Å². The molecule has 2 rings (SSSR count). The number of ether oxygens (including phenoxy) is 2. The minimum Gasteiger partial charge on any atom is -0.482 e. The van der Waals surface area contributed by atoms with Crippen molar-refractivity contribution in [1.29, 1.82) is 0 Å². The Bertz CT molecular complexity index is 358. The van der Waals surface area contributed by atoms with E-state index in [1.807, 2.05) is 18.2 Å². The van der Waals surface area contributed by atoms with Gasteiger partial charge in [-0.1, -0.05) is 13.0 Å². The summed E-state index contributed by atoms with van der Waals surface area (Å²) in [5.41, 5.74) is 1.18. The van der Waals surface area contributed by atoms with Crippen molar-refractivity contribution in [3.8, 4) is 11.5 Å². The molecule has 74 valence electrons. The summed E-state index contributed by atoms with van der Waals surface area (Å²) >= 11 is 0. The molecule has 1 aromatic rings. The molecule has 1 aromatic carbocycles. The van der Waals surface area contributed by atoms with Crippen molar-refractivity contribution in [1.82, 2.24) is 0 Å². The first-order chi connectivity index (χ1) is 6.79. The van der Waals surface area contributed by atoms with Crippen molar-refractivity contribution in [3.05, 3.63) is 23.8 Å². The summed E-state index contributed by atoms with van der Waals surface area (Å²) in [6.45, 7) is 2.29. The summed E-state index contributed by atoms with van der Waals surface area (Å²) in [4.78, 5) is 11.1. The van der Waals surface area contributed by atoms with Crippen molar-refractivity contribution < 1.29 is 14.3 Å². The highest BCUT2D eigenvalue weighted by molar-refractivity contribution is 5.82. The van der Waals surface area contributed by atoms with Crippen LogP contribution in [0.2, 0.25) is 0 Å². The standard InChI is InChI=1S/C11H12O3/c1-2-8-3-4-10-11(5-8)14-7-9(12)6-13-10/h3-5H,2,6-7H2,1H3. The Morgan fingerprint density at radius 1 is 1.21 bits per heavy atom. The van der Waals surface area contributed by atoms with Gasteiger partial charge in [-0.2, -0.15) is 0 Å². The number of carbonyl (C=O) groups excluding carboxylic acids is 1. The van der Waals surface area contributed by atoms with E-state index in [0.29, 0.717) is 11.5 Å². The van der Waals surface area contributed by atoms with Gasteiger partial charge in [0, 0.05) is 0 Å². The largest absolute Gasteiger partial charge is 0.482 e. The summed E-state index contributed by atoms with van der Waals surface area (Å²) in [7, 11) is 0. The summed E-state index contributed by atoms with van der Waals surface area (Å²) in [5.74, 6) is 1.31. The number of fused-ring (bicyclic) bond motifs is 1. The monoisotopic (exact) mass is 192 g/mol. The first-order valence-corrected chi connectivity index (χ1v) is 4.70. The molecule has 0 fully saturated rings. The maximum absolute atomic E-state index is 11.1. The van der Waals surface area contributed by atoms with Crippen molar-refractivity contribution in [2.75, 3.05) is 13.2 Å². The van der Waals surface area contributed by atoms with E-state index in [1.165, 1.54) is 5.56 Å². The fraction of sp³-hybridized carbons (Fsp3) is 0.364. The first kappa shape index (κ1) is 9.06. The van der Waals surface area contributed by atoms with E-state index in [2.05, 4.69) is 6.92 Å². The van der Waals surface area contributed by atoms with E-state index in [4.69, 9.17) is 9.47 Å². The number of ketones is 1. The quantitative estimate of drug-likeness (QED) is 0.677. The molecule has 0 atom stereocenters. The maximum atomic E-state index is 11.1. The first-order valence-electron chi connectivity index (χ1n) is 4.70. The van der Waals surface area contributed by atoms with Crippen LogP contribution in [0.4, 0.5) is 0 Å². The highest BCUT2D eigenvalue weighted by Gasteiger charge is 2.14. The van der Waals surface area contributed by atoms with Crippen LogP contribution >= 0.6 is 0 Å². The summed E-state index contributed by atoms with van der Waals surface area (Å²) in [6.07, 6.45) is 0.949. The number of hydrogen-bond acceptors (Lipinski definition) is 3. The number of hydrogen-bond donors (Lipinski definition) is 0. The maximum Gasteiger partial charge on any atom is 0.207 e. The lowest BCUT2D eigenvalue weighted by molar-refractivity contribution is -0.122. The molecule has 0 bridgehead atoms. The van der Waals surface area contributed by atoms with Gasteiger partial charge >= 0.3 is 0 Å². The topological polar surface area (TPSA) is 35.5 Å². The molecule has 0 radical (unpaired) electrons. The van der Waals surface area contributed by atoms with Crippen LogP contribution in [-0.4, -0.2) is 19.0 Å². The average molecular weight is 192 g/mol. The third-order valence-electron chi connectivity index (χ3n) is 2.19. The Balaban J connectivity index is 2.31. The van der Waals surface area contributed by atoms with Gasteiger partial charge in [0.2, 0.25) is 5.78 Å². The van der Waals surface area contributed by atoms with Crippen molar-refractivity contribution in [2.45, 2.75) is 13.3 Å². The summed E-state index contributed by atoms with van der Waals surface area (Å²) < 4.78 is 10.6. The molecule has 1 heterocycles. The van der Waals surface area contributed by atoms with Gasteiger partial charge in [0.05, 0.1) is 0 Å². The van der Waals surface area contributed by atoms with Gasteiger partial charge in [-0.3, -0.25) is 4.79 Å². The molecule has 0 unspecified atom stereocenters. The van der Waals surface area contributed by atoms with Crippen molar-refractivity contribution >= 4 is 5.78 Å². The van der Waals surface area contributed by atoms with E-state index < -0.39 is 0 Å². The lowest BCUT2D eigenvalue weighted by Crippen LogP contribution is -2.15. The van der Waals surface area contributed by atoms with Crippen LogP contribution in [-0.2, 0) is 11.2 Å². The number of rotatable bonds is 1. The molecule has 3 nitrogen and oxygen atoms in total. The molecule has 0 saturated carbocycles. The summed E-state index contributed by atoms with van der Waals surface area (Å²) in [5, 5.41) is 0. The zero-order valence-electron chi connectivity index (χ0n) is 8.08. The van der Waals surface area contributed by atoms with E-state index >= 15 is 0 Å². The molecular formula is C11H12O3. The third kappa shape index (κ3) is 1.71. The average Bonchev–Trinajstić information content (AvgIpc) is 2.40. The Kier molecular flexibility index (Phi) is 2.39. The number of Topliss-reactive ketones (excluding diaryl/α,β-unsaturated/α-hetero) is 1. The molecule has 0 aromatic heterocycles. The van der Waals surface area contributed by atoms with E-state index in [-0.39, 0.29) is 19.0 Å². The SMILES string of the molecule is CCc1ccc2c(c1)OCC(=O)CO2. The fourth-order valence-electron chi connectivity index (χ4n) is 1.36. The normalized spacial score (nSPS) is 15.1. The Morgan fingerprint density at radius 2 is 1.93 bits per heavy atom. The Hall–Kier alpha value is -1.51. The Morgan fingerprint density at radius 3 is 2.64 bits per heavy atom. The van der Waals surface area contributed by atoms with Gasteiger partial charge in [-0.15, -0.1) is 0 Å². The van der Waals surface area contributed by atoms with Crippen LogP contribution in [0.15, 0.2) is 18.2 Å². The van der Waals surface area contributed by atoms with E-state index in [9.17, 15) is 4.79 Å². The second-order valence-electron chi connectivity index (χ2n) is 3.25. The summed E-state index contributed by atoms with van der Waals surface area (Å²) in [6, 6.07) is 5.76. The molecule has 0 N–H and O–H groups in total. The molecule has 0 spiro atoms. The predicted octanol–water partition coefficient (Wildman–Crippen LogP) is 1.59. The highest BCUT2D eigenvalue weighted by atomic mass is 16.5. The smallest absolute Gasteiger partial charge is 0.207 e. The van der Waals surface area contributed by atoms with Crippen molar-refractivity contribution in [3.63, 3.8) is 0 Å². The lowest BCUT2D eigenvalue weighted by atomic mass is 10.1. The molecule has 3 heteroatoms. The minimum absolute atomic E-state index is 0.0285. The van der Waals surface area contributed by atoms with Gasteiger partial charge in [-0.05, 0) is 24.1 Å². The van der Waals surface area contributed by atoms with E-state index in [1.54, 1.807) is 0 Å². The highest BCUT2D eigenvalue weighted by Crippen LogP contribution is 2.29. The van der Waals surface area contributed by atoms with Gasteiger partial charge in [-0.25, -0.2) is 0 Å². The van der Waals surface area contributed by atoms with Crippen LogP contribution in [0.1, 0.15) is 12.5 Å². The number of aryl methyl sites for hydroxylation is 1. The van der Waals surface area contributed by atoms with Crippen LogP contribution in [0, 0.1) is 0 Å². The van der Waals surface area contributed by atoms with Crippen LogP contribution in [0.3, 0.4) is 0 Å². The fourth-order valence-corrected chi connectivity index (χ4v) is 1.36. The molecule has 0 amide bonds. The third-order valence-corrected chi connectivity index (χ3v) is 2.19. The number of benzene rings is 1. The Labute approximate surface area is 82.6 Å². The van der Waals surface area contributed by atoms with Gasteiger partial charge < -0.3 is 9.47 Å². The lowest BCUT2D eigenvalue weighted by Gasteiger charge is -2.07. The molecule has 14 heavy (non-hydrogen) atoms. The predicted molar refractivity (Wildman–Crippen MR) is 51.8 cm³/mol. The molecule has 0 saturated heterocycles. The second-order valence-corrected chi connectivity index (χ2v) is 3.25. The second kappa shape index (κ2) is 3.70. The number of carbonyl (C=O) groups is 1. The molecule has 1 aliphatic heterocycles. The molecule has 1 aliphatic rings. The molecular weight excluding hydrogens is 180 g/mol.